The van der Waals surface area contributed by atoms with E-state index < -0.39 is 0 Å². The molecule has 0 aliphatic carbocycles. The summed E-state index contributed by atoms with van der Waals surface area (Å²) in [4.78, 5) is 14.6. The molecule has 0 atom stereocenters. The first-order valence-electron chi connectivity index (χ1n) is 2.77. The Labute approximate surface area is 66.1 Å². The predicted octanol–water partition coefficient (Wildman–Crippen LogP) is 1.05. The van der Waals surface area contributed by atoms with Crippen molar-refractivity contribution in [2.45, 2.75) is 6.54 Å². The molecule has 1 aliphatic rings. The summed E-state index contributed by atoms with van der Waals surface area (Å²) < 4.78 is 0.680. The van der Waals surface area contributed by atoms with Crippen molar-refractivity contribution in [1.29, 1.82) is 0 Å². The third kappa shape index (κ3) is 0.708. The smallest absolute Gasteiger partial charge is 0.263 e. The van der Waals surface area contributed by atoms with E-state index >= 15 is 0 Å². The maximum absolute atomic E-state index is 10.9. The van der Waals surface area contributed by atoms with E-state index in [0.29, 0.717) is 10.5 Å². The Morgan fingerprint density at radius 3 is 3.10 bits per heavy atom. The fraction of sp³-hybridized carbons (Fsp3) is 0.200. The van der Waals surface area contributed by atoms with E-state index in [-0.39, 0.29) is 5.91 Å². The van der Waals surface area contributed by atoms with Crippen molar-refractivity contribution >= 4 is 29.5 Å². The quantitative estimate of drug-likeness (QED) is 0.574. The maximum Gasteiger partial charge on any atom is 0.263 e. The number of H-pyrrole nitrogens is 1. The molecule has 0 spiro atoms. The number of nitrogens with one attached hydrogen (secondary N) is 2. The van der Waals surface area contributed by atoms with Crippen LogP contribution in [0.4, 0.5) is 0 Å². The molecular formula is C5H4N2OS2. The van der Waals surface area contributed by atoms with Gasteiger partial charge in [0.1, 0.15) is 4.88 Å². The minimum absolute atomic E-state index is 0.00708. The minimum atomic E-state index is -0.00708. The second-order valence-electron chi connectivity index (χ2n) is 2.00. The highest BCUT2D eigenvalue weighted by Gasteiger charge is 2.20. The second kappa shape index (κ2) is 1.90. The number of carbonyl (C=O) groups is 1. The zero-order chi connectivity index (χ0) is 7.14. The summed E-state index contributed by atoms with van der Waals surface area (Å²) in [5.41, 5.74) is 0.931. The Hall–Kier alpha value is -0.680. The van der Waals surface area contributed by atoms with Crippen LogP contribution in [-0.4, -0.2) is 10.9 Å². The molecule has 0 aromatic carbocycles. The molecule has 0 bridgehead atoms. The lowest BCUT2D eigenvalue weighted by atomic mass is 10.4. The number of aromatic nitrogens is 1. The van der Waals surface area contributed by atoms with Crippen LogP contribution in [0, 0.1) is 3.95 Å². The average molecular weight is 172 g/mol. The molecule has 1 aliphatic heterocycles. The Morgan fingerprint density at radius 2 is 2.40 bits per heavy atom. The summed E-state index contributed by atoms with van der Waals surface area (Å²) in [7, 11) is 0. The van der Waals surface area contributed by atoms with Gasteiger partial charge in [0.25, 0.3) is 5.91 Å². The number of hydrogen-bond acceptors (Lipinski definition) is 3. The van der Waals surface area contributed by atoms with Crippen LogP contribution in [0.3, 0.4) is 0 Å². The Morgan fingerprint density at radius 1 is 1.60 bits per heavy atom. The molecule has 1 aromatic heterocycles. The summed E-state index contributed by atoms with van der Waals surface area (Å²) in [5, 5.41) is 2.69. The zero-order valence-corrected chi connectivity index (χ0v) is 6.56. The number of fused-ring (bicyclic) bond motifs is 1. The van der Waals surface area contributed by atoms with Gasteiger partial charge in [-0.1, -0.05) is 11.3 Å². The number of amides is 1. The van der Waals surface area contributed by atoms with Crippen molar-refractivity contribution in [3.05, 3.63) is 14.5 Å². The van der Waals surface area contributed by atoms with Gasteiger partial charge in [-0.25, -0.2) is 0 Å². The number of aromatic amines is 1. The molecule has 0 saturated carbocycles. The van der Waals surface area contributed by atoms with Gasteiger partial charge >= 0.3 is 0 Å². The topological polar surface area (TPSA) is 44.9 Å². The zero-order valence-electron chi connectivity index (χ0n) is 4.93. The van der Waals surface area contributed by atoms with Crippen LogP contribution >= 0.6 is 23.6 Å². The summed E-state index contributed by atoms with van der Waals surface area (Å²) in [6.07, 6.45) is 0. The van der Waals surface area contributed by atoms with Gasteiger partial charge in [-0.15, -0.1) is 0 Å². The molecule has 5 heteroatoms. The van der Waals surface area contributed by atoms with Crippen LogP contribution in [0.1, 0.15) is 15.4 Å². The van der Waals surface area contributed by atoms with E-state index in [4.69, 9.17) is 12.2 Å². The van der Waals surface area contributed by atoms with Crippen molar-refractivity contribution in [3.63, 3.8) is 0 Å². The van der Waals surface area contributed by atoms with Gasteiger partial charge in [0.05, 0.1) is 12.2 Å². The first-order chi connectivity index (χ1) is 4.77. The normalized spacial score (nSPS) is 15.0. The fourth-order valence-corrected chi connectivity index (χ4v) is 2.06. The second-order valence-corrected chi connectivity index (χ2v) is 3.69. The average Bonchev–Trinajstić information content (AvgIpc) is 2.35. The lowest BCUT2D eigenvalue weighted by molar-refractivity contribution is 0.0969. The summed E-state index contributed by atoms with van der Waals surface area (Å²) in [5.74, 6) is -0.00708. The predicted molar refractivity (Wildman–Crippen MR) is 40.7 cm³/mol. The first-order valence-corrected chi connectivity index (χ1v) is 4.00. The van der Waals surface area contributed by atoms with E-state index in [1.807, 2.05) is 0 Å². The van der Waals surface area contributed by atoms with Crippen LogP contribution in [-0.2, 0) is 6.54 Å². The molecule has 0 radical (unpaired) electrons. The molecule has 3 nitrogen and oxygen atoms in total. The van der Waals surface area contributed by atoms with E-state index in [1.54, 1.807) is 0 Å². The third-order valence-corrected chi connectivity index (χ3v) is 2.63. The Bertz CT molecular complexity index is 338. The third-order valence-electron chi connectivity index (χ3n) is 1.35. The Kier molecular flexibility index (Phi) is 1.15. The number of hydrogen-bond donors (Lipinski definition) is 2. The van der Waals surface area contributed by atoms with E-state index in [1.165, 1.54) is 11.3 Å². The highest BCUT2D eigenvalue weighted by molar-refractivity contribution is 7.73. The largest absolute Gasteiger partial charge is 0.346 e. The standard InChI is InChI=1S/C5H4N2OS2/c8-4-3-2(1-6-4)7-5(9)10-3/h1H2,(H,6,8)(H,7,9). The molecule has 0 unspecified atom stereocenters. The van der Waals surface area contributed by atoms with Crippen LogP contribution in [0.5, 0.6) is 0 Å². The number of rotatable bonds is 0. The van der Waals surface area contributed by atoms with E-state index in [2.05, 4.69) is 10.3 Å². The van der Waals surface area contributed by atoms with Crippen LogP contribution in [0.25, 0.3) is 0 Å². The monoisotopic (exact) mass is 172 g/mol. The fourth-order valence-electron chi connectivity index (χ4n) is 0.917. The van der Waals surface area contributed by atoms with Crippen LogP contribution in [0.15, 0.2) is 0 Å². The number of carbonyl (C=O) groups excluding carboxylic acids is 1. The van der Waals surface area contributed by atoms with Crippen LogP contribution in [0.2, 0.25) is 0 Å². The molecule has 2 heterocycles. The summed E-state index contributed by atoms with van der Waals surface area (Å²) in [6, 6.07) is 0. The molecule has 1 aromatic rings. The van der Waals surface area contributed by atoms with Crippen molar-refractivity contribution in [2.24, 2.45) is 0 Å². The van der Waals surface area contributed by atoms with Crippen molar-refractivity contribution in [2.75, 3.05) is 0 Å². The SMILES string of the molecule is O=C1NCc2[nH]c(=S)sc21. The van der Waals surface area contributed by atoms with Gasteiger partial charge < -0.3 is 10.3 Å². The van der Waals surface area contributed by atoms with Gasteiger partial charge in [0.2, 0.25) is 0 Å². The van der Waals surface area contributed by atoms with Crippen molar-refractivity contribution < 1.29 is 4.79 Å². The first kappa shape index (κ1) is 6.06. The number of thiazole rings is 1. The van der Waals surface area contributed by atoms with Crippen LogP contribution < -0.4 is 5.32 Å². The maximum atomic E-state index is 10.9. The summed E-state index contributed by atoms with van der Waals surface area (Å²) in [6.45, 7) is 0.599. The molecule has 0 saturated heterocycles. The highest BCUT2D eigenvalue weighted by atomic mass is 32.1. The van der Waals surface area contributed by atoms with E-state index in [0.717, 1.165) is 10.6 Å². The lowest BCUT2D eigenvalue weighted by Gasteiger charge is -1.84. The molecule has 2 N–H and O–H groups in total. The molecule has 10 heavy (non-hydrogen) atoms. The van der Waals surface area contributed by atoms with E-state index in [9.17, 15) is 4.79 Å². The molecule has 2 rings (SSSR count). The molecular weight excluding hydrogens is 168 g/mol. The molecule has 0 fully saturated rings. The highest BCUT2D eigenvalue weighted by Crippen LogP contribution is 2.19. The van der Waals surface area contributed by atoms with Gasteiger partial charge in [0, 0.05) is 0 Å². The van der Waals surface area contributed by atoms with Gasteiger partial charge in [-0.05, 0) is 12.2 Å². The molecule has 52 valence electrons. The minimum Gasteiger partial charge on any atom is -0.346 e. The molecule has 1 amide bonds. The van der Waals surface area contributed by atoms with Crippen molar-refractivity contribution in [1.82, 2.24) is 10.3 Å². The lowest BCUT2D eigenvalue weighted by Crippen LogP contribution is -2.12. The summed E-state index contributed by atoms with van der Waals surface area (Å²) >= 11 is 6.19. The van der Waals surface area contributed by atoms with Gasteiger partial charge in [0.15, 0.2) is 3.95 Å². The Balaban J connectivity index is 2.69. The van der Waals surface area contributed by atoms with Crippen molar-refractivity contribution in [3.8, 4) is 0 Å². The van der Waals surface area contributed by atoms with Gasteiger partial charge in [-0.2, -0.15) is 0 Å². The van der Waals surface area contributed by atoms with Gasteiger partial charge in [-0.3, -0.25) is 4.79 Å².